The molecule has 0 bridgehead atoms. The SMILES string of the molecule is CC.CC.Cn1c(=N)ccc2nc(-c3ccc(C4CCC4)cc3)c(-c3ccccc3)nc21.N=Cc1cccnc1. The lowest BCUT2D eigenvalue weighted by Gasteiger charge is -2.25. The van der Waals surface area contributed by atoms with E-state index in [0.29, 0.717) is 5.49 Å². The third-order valence-electron chi connectivity index (χ3n) is 6.64. The van der Waals surface area contributed by atoms with E-state index in [1.807, 2.05) is 65.1 Å². The first kappa shape index (κ1) is 30.1. The van der Waals surface area contributed by atoms with Gasteiger partial charge in [-0.3, -0.25) is 10.4 Å². The molecule has 1 aliphatic rings. The van der Waals surface area contributed by atoms with Crippen molar-refractivity contribution in [1.82, 2.24) is 19.5 Å². The normalized spacial score (nSPS) is 11.9. The van der Waals surface area contributed by atoms with Crippen LogP contribution in [0.25, 0.3) is 33.7 Å². The van der Waals surface area contributed by atoms with Crippen LogP contribution in [0.2, 0.25) is 0 Å². The molecule has 206 valence electrons. The first-order chi connectivity index (χ1) is 19.6. The lowest BCUT2D eigenvalue weighted by molar-refractivity contribution is 0.420. The van der Waals surface area contributed by atoms with Crippen LogP contribution in [0.15, 0.2) is 91.3 Å². The Balaban J connectivity index is 0.000000312. The fourth-order valence-electron chi connectivity index (χ4n) is 4.30. The van der Waals surface area contributed by atoms with Gasteiger partial charge in [0.25, 0.3) is 0 Å². The van der Waals surface area contributed by atoms with E-state index in [0.717, 1.165) is 45.2 Å². The van der Waals surface area contributed by atoms with Crippen molar-refractivity contribution >= 4 is 17.4 Å². The Kier molecular flexibility index (Phi) is 11.5. The summed E-state index contributed by atoms with van der Waals surface area (Å²) in [4.78, 5) is 13.7. The van der Waals surface area contributed by atoms with Crippen molar-refractivity contribution in [2.24, 2.45) is 7.05 Å². The molecular formula is C34H40N6. The predicted molar refractivity (Wildman–Crippen MR) is 167 cm³/mol. The van der Waals surface area contributed by atoms with E-state index in [1.165, 1.54) is 31.0 Å². The fraction of sp³-hybridized carbons (Fsp3) is 0.265. The molecule has 6 rings (SSSR count). The number of aromatic nitrogens is 4. The van der Waals surface area contributed by atoms with Crippen LogP contribution < -0.4 is 5.49 Å². The van der Waals surface area contributed by atoms with E-state index >= 15 is 0 Å². The summed E-state index contributed by atoms with van der Waals surface area (Å²) in [6.07, 6.45) is 8.55. The Labute approximate surface area is 237 Å². The van der Waals surface area contributed by atoms with Crippen molar-refractivity contribution in [3.8, 4) is 22.5 Å². The average Bonchev–Trinajstić information content (AvgIpc) is 3.01. The number of rotatable bonds is 4. The van der Waals surface area contributed by atoms with Crippen molar-refractivity contribution < 1.29 is 0 Å². The topological polar surface area (TPSA) is 91.3 Å². The molecule has 3 aromatic heterocycles. The number of hydrogen-bond donors (Lipinski definition) is 2. The number of pyridine rings is 2. The first-order valence-corrected chi connectivity index (χ1v) is 14.1. The molecule has 0 amide bonds. The predicted octanol–water partition coefficient (Wildman–Crippen LogP) is 8.18. The zero-order valence-corrected chi connectivity index (χ0v) is 24.2. The van der Waals surface area contributed by atoms with Gasteiger partial charge in [0.15, 0.2) is 5.65 Å². The molecule has 5 aromatic rings. The standard InChI is InChI=1S/C24H22N4.C6H6N2.2C2H6/c1-28-21(25)15-14-20-24(28)27-23(18-6-3-2-4-7-18)22(26-20)19-12-10-17(11-13-19)16-8-5-9-16;7-4-6-2-1-3-8-5-6;2*1-2/h2-4,6-7,10-16,25H,5,8-9H2,1H3;1-5,7H;2*1-2H3. The summed E-state index contributed by atoms with van der Waals surface area (Å²) in [5.74, 6) is 0.722. The van der Waals surface area contributed by atoms with Gasteiger partial charge < -0.3 is 9.98 Å². The van der Waals surface area contributed by atoms with Crippen LogP contribution in [0.3, 0.4) is 0 Å². The summed E-state index contributed by atoms with van der Waals surface area (Å²) in [7, 11) is 1.86. The molecule has 40 heavy (non-hydrogen) atoms. The highest BCUT2D eigenvalue weighted by Gasteiger charge is 2.20. The molecule has 2 N–H and O–H groups in total. The molecule has 0 spiro atoms. The van der Waals surface area contributed by atoms with Crippen LogP contribution >= 0.6 is 0 Å². The van der Waals surface area contributed by atoms with Gasteiger partial charge in [-0.25, -0.2) is 9.97 Å². The van der Waals surface area contributed by atoms with Gasteiger partial charge >= 0.3 is 0 Å². The minimum atomic E-state index is 0.415. The van der Waals surface area contributed by atoms with Gasteiger partial charge in [-0.2, -0.15) is 0 Å². The Morgan fingerprint density at radius 2 is 1.43 bits per heavy atom. The van der Waals surface area contributed by atoms with E-state index in [1.54, 1.807) is 29.1 Å². The number of nitrogens with one attached hydrogen (secondary N) is 2. The maximum Gasteiger partial charge on any atom is 0.160 e. The van der Waals surface area contributed by atoms with Gasteiger partial charge in [0.1, 0.15) is 11.0 Å². The second-order valence-corrected chi connectivity index (χ2v) is 8.95. The minimum Gasteiger partial charge on any atom is -0.313 e. The molecule has 0 saturated heterocycles. The van der Waals surface area contributed by atoms with Crippen molar-refractivity contribution in [2.75, 3.05) is 0 Å². The van der Waals surface area contributed by atoms with Gasteiger partial charge in [0.05, 0.1) is 11.4 Å². The highest BCUT2D eigenvalue weighted by atomic mass is 15.0. The van der Waals surface area contributed by atoms with E-state index in [-0.39, 0.29) is 0 Å². The number of nitrogens with zero attached hydrogens (tertiary/aromatic N) is 4. The first-order valence-electron chi connectivity index (χ1n) is 14.1. The maximum absolute atomic E-state index is 8.08. The molecule has 1 aliphatic carbocycles. The summed E-state index contributed by atoms with van der Waals surface area (Å²) in [6, 6.07) is 26.3. The molecule has 0 radical (unpaired) electrons. The second kappa shape index (κ2) is 15.2. The fourth-order valence-corrected chi connectivity index (χ4v) is 4.30. The second-order valence-electron chi connectivity index (χ2n) is 8.95. The van der Waals surface area contributed by atoms with Gasteiger partial charge in [-0.1, -0.05) is 94.8 Å². The highest BCUT2D eigenvalue weighted by molar-refractivity contribution is 5.84. The number of aryl methyl sites for hydroxylation is 1. The summed E-state index contributed by atoms with van der Waals surface area (Å²) >= 11 is 0. The third-order valence-corrected chi connectivity index (χ3v) is 6.64. The average molecular weight is 533 g/mol. The van der Waals surface area contributed by atoms with Gasteiger partial charge in [-0.05, 0) is 42.5 Å². The van der Waals surface area contributed by atoms with Crippen LogP contribution in [-0.4, -0.2) is 25.7 Å². The van der Waals surface area contributed by atoms with E-state index in [2.05, 4.69) is 41.4 Å². The molecular weight excluding hydrogens is 492 g/mol. The molecule has 0 unspecified atom stereocenters. The van der Waals surface area contributed by atoms with E-state index in [9.17, 15) is 0 Å². The highest BCUT2D eigenvalue weighted by Crippen LogP contribution is 2.37. The molecule has 3 heterocycles. The molecule has 6 heteroatoms. The monoisotopic (exact) mass is 532 g/mol. The van der Waals surface area contributed by atoms with Crippen molar-refractivity contribution in [3.05, 3.63) is 108 Å². The zero-order chi connectivity index (χ0) is 28.9. The quantitative estimate of drug-likeness (QED) is 0.229. The Hall–Kier alpha value is -4.45. The lowest BCUT2D eigenvalue weighted by Crippen LogP contribution is -2.17. The third kappa shape index (κ3) is 7.14. The molecule has 2 aromatic carbocycles. The molecule has 1 saturated carbocycles. The number of hydrogen-bond acceptors (Lipinski definition) is 5. The van der Waals surface area contributed by atoms with Crippen LogP contribution in [0.1, 0.15) is 64.0 Å². The van der Waals surface area contributed by atoms with Crippen LogP contribution in [0, 0.1) is 10.8 Å². The van der Waals surface area contributed by atoms with Crippen molar-refractivity contribution in [3.63, 3.8) is 0 Å². The Morgan fingerprint density at radius 3 is 1.98 bits per heavy atom. The number of fused-ring (bicyclic) bond motifs is 1. The van der Waals surface area contributed by atoms with E-state index in [4.69, 9.17) is 20.8 Å². The molecule has 6 nitrogen and oxygen atoms in total. The van der Waals surface area contributed by atoms with Gasteiger partial charge in [-0.15, -0.1) is 0 Å². The zero-order valence-electron chi connectivity index (χ0n) is 24.2. The van der Waals surface area contributed by atoms with Gasteiger partial charge in [0.2, 0.25) is 0 Å². The summed E-state index contributed by atoms with van der Waals surface area (Å²) in [5.41, 5.74) is 8.06. The van der Waals surface area contributed by atoms with Crippen LogP contribution in [-0.2, 0) is 7.05 Å². The van der Waals surface area contributed by atoms with Crippen molar-refractivity contribution in [1.29, 1.82) is 10.8 Å². The number of benzene rings is 2. The molecule has 0 atom stereocenters. The maximum atomic E-state index is 8.08. The summed E-state index contributed by atoms with van der Waals surface area (Å²) in [6.45, 7) is 8.00. The largest absolute Gasteiger partial charge is 0.313 e. The lowest BCUT2D eigenvalue weighted by atomic mass is 9.80. The minimum absolute atomic E-state index is 0.415. The van der Waals surface area contributed by atoms with Crippen molar-refractivity contribution in [2.45, 2.75) is 52.9 Å². The Bertz CT molecular complexity index is 1540. The van der Waals surface area contributed by atoms with Gasteiger partial charge in [0, 0.05) is 42.3 Å². The molecule has 0 aliphatic heterocycles. The molecule has 1 fully saturated rings. The smallest absolute Gasteiger partial charge is 0.160 e. The summed E-state index contributed by atoms with van der Waals surface area (Å²) < 4.78 is 1.78. The summed E-state index contributed by atoms with van der Waals surface area (Å²) in [5, 5.41) is 14.9. The van der Waals surface area contributed by atoms with E-state index < -0.39 is 0 Å². The Morgan fingerprint density at radius 1 is 0.775 bits per heavy atom. The van der Waals surface area contributed by atoms with Crippen LogP contribution in [0.5, 0.6) is 0 Å². The van der Waals surface area contributed by atoms with Crippen LogP contribution in [0.4, 0.5) is 0 Å².